The predicted octanol–water partition coefficient (Wildman–Crippen LogP) is 1.56. The van der Waals surface area contributed by atoms with Crippen molar-refractivity contribution in [2.75, 3.05) is 39.9 Å². The summed E-state index contributed by atoms with van der Waals surface area (Å²) >= 11 is 0. The van der Waals surface area contributed by atoms with Crippen LogP contribution in [0.4, 0.5) is 0 Å². The van der Waals surface area contributed by atoms with E-state index < -0.39 is 10.0 Å². The second-order valence-corrected chi connectivity index (χ2v) is 8.16. The molecule has 2 N–H and O–H groups in total. The van der Waals surface area contributed by atoms with Gasteiger partial charge < -0.3 is 15.4 Å². The molecule has 1 aliphatic heterocycles. The molecule has 0 bridgehead atoms. The molecule has 0 aliphatic carbocycles. The van der Waals surface area contributed by atoms with E-state index in [1.165, 1.54) is 0 Å². The van der Waals surface area contributed by atoms with Gasteiger partial charge in [-0.1, -0.05) is 18.6 Å². The highest BCUT2D eigenvalue weighted by Crippen LogP contribution is 2.21. The fourth-order valence-electron chi connectivity index (χ4n) is 2.84. The van der Waals surface area contributed by atoms with Crippen LogP contribution in [0.25, 0.3) is 0 Å². The molecule has 8 heteroatoms. The molecule has 2 rings (SSSR count). The van der Waals surface area contributed by atoms with Crippen LogP contribution in [0.3, 0.4) is 0 Å². The van der Waals surface area contributed by atoms with Gasteiger partial charge >= 0.3 is 0 Å². The second kappa shape index (κ2) is 10.5. The van der Waals surface area contributed by atoms with E-state index in [4.69, 9.17) is 4.74 Å². The van der Waals surface area contributed by atoms with Gasteiger partial charge in [-0.25, -0.2) is 13.4 Å². The van der Waals surface area contributed by atoms with Gasteiger partial charge in [-0.2, -0.15) is 4.31 Å². The van der Waals surface area contributed by atoms with Crippen molar-refractivity contribution in [1.29, 1.82) is 0 Å². The lowest BCUT2D eigenvalue weighted by Gasteiger charge is -2.26. The number of rotatable bonds is 8. The Morgan fingerprint density at radius 3 is 2.69 bits per heavy atom. The van der Waals surface area contributed by atoms with E-state index in [1.54, 1.807) is 29.6 Å². The molecule has 0 amide bonds. The van der Waals surface area contributed by atoms with E-state index in [9.17, 15) is 8.42 Å². The summed E-state index contributed by atoms with van der Waals surface area (Å²) in [6, 6.07) is 7.08. The third-order valence-corrected chi connectivity index (χ3v) is 6.11. The summed E-state index contributed by atoms with van der Waals surface area (Å²) in [7, 11) is -1.76. The Hall–Kier alpha value is -1.64. The molecular formula is C18H30N4O3S. The first-order valence-corrected chi connectivity index (χ1v) is 10.6. The maximum absolute atomic E-state index is 12.8. The summed E-state index contributed by atoms with van der Waals surface area (Å²) in [5.41, 5.74) is 0.868. The number of guanidine groups is 1. The van der Waals surface area contributed by atoms with Crippen LogP contribution < -0.4 is 10.6 Å². The van der Waals surface area contributed by atoms with Crippen molar-refractivity contribution in [3.63, 3.8) is 0 Å². The molecule has 7 nitrogen and oxygen atoms in total. The van der Waals surface area contributed by atoms with E-state index >= 15 is 0 Å². The second-order valence-electron chi connectivity index (χ2n) is 6.23. The quantitative estimate of drug-likeness (QED) is 0.405. The molecule has 1 aliphatic rings. The Bertz CT molecular complexity index is 685. The van der Waals surface area contributed by atoms with Gasteiger partial charge in [0, 0.05) is 33.3 Å². The van der Waals surface area contributed by atoms with E-state index in [0.29, 0.717) is 43.6 Å². The largest absolute Gasteiger partial charge is 0.383 e. The van der Waals surface area contributed by atoms with Gasteiger partial charge in [-0.05, 0) is 37.5 Å². The summed E-state index contributed by atoms with van der Waals surface area (Å²) in [4.78, 5) is 4.87. The molecular weight excluding hydrogens is 352 g/mol. The van der Waals surface area contributed by atoms with Crippen molar-refractivity contribution in [3.05, 3.63) is 29.8 Å². The molecule has 1 heterocycles. The van der Waals surface area contributed by atoms with Crippen LogP contribution in [0, 0.1) is 0 Å². The van der Waals surface area contributed by atoms with Crippen molar-refractivity contribution in [2.24, 2.45) is 4.99 Å². The van der Waals surface area contributed by atoms with Gasteiger partial charge in [-0.3, -0.25) is 0 Å². The lowest BCUT2D eigenvalue weighted by atomic mass is 10.2. The number of hydrogen-bond acceptors (Lipinski definition) is 4. The highest BCUT2D eigenvalue weighted by atomic mass is 32.2. The fraction of sp³-hybridized carbons (Fsp3) is 0.611. The first-order valence-electron chi connectivity index (χ1n) is 9.18. The van der Waals surface area contributed by atoms with Crippen molar-refractivity contribution in [2.45, 2.75) is 37.6 Å². The number of benzene rings is 1. The van der Waals surface area contributed by atoms with E-state index in [1.807, 2.05) is 13.0 Å². The lowest BCUT2D eigenvalue weighted by molar-refractivity contribution is 0.203. The van der Waals surface area contributed by atoms with Gasteiger partial charge in [0.05, 0.1) is 18.0 Å². The summed E-state index contributed by atoms with van der Waals surface area (Å²) in [6.07, 6.45) is 2.97. The van der Waals surface area contributed by atoms with E-state index in [-0.39, 0.29) is 0 Å². The molecule has 26 heavy (non-hydrogen) atoms. The van der Waals surface area contributed by atoms with Gasteiger partial charge in [0.15, 0.2) is 5.96 Å². The number of nitrogens with one attached hydrogen (secondary N) is 2. The van der Waals surface area contributed by atoms with Crippen LogP contribution in [0.2, 0.25) is 0 Å². The maximum atomic E-state index is 12.8. The van der Waals surface area contributed by atoms with Gasteiger partial charge in [0.1, 0.15) is 0 Å². The summed E-state index contributed by atoms with van der Waals surface area (Å²) < 4.78 is 32.2. The normalized spacial score (nSPS) is 16.5. The molecule has 0 radical (unpaired) electrons. The smallest absolute Gasteiger partial charge is 0.243 e. The van der Waals surface area contributed by atoms with Crippen LogP contribution in [0.15, 0.2) is 34.2 Å². The molecule has 146 valence electrons. The Balaban J connectivity index is 2.08. The number of ether oxygens (including phenoxy) is 1. The van der Waals surface area contributed by atoms with Crippen molar-refractivity contribution in [1.82, 2.24) is 14.9 Å². The molecule has 0 atom stereocenters. The number of sulfonamides is 1. The van der Waals surface area contributed by atoms with Crippen molar-refractivity contribution >= 4 is 16.0 Å². The first-order chi connectivity index (χ1) is 12.6. The topological polar surface area (TPSA) is 83.0 Å². The standard InChI is InChI=1S/C18H30N4O3S/c1-3-19-18(20-10-13-25-2)21-15-16-8-7-9-17(14-16)26(23,24)22-11-5-4-6-12-22/h7-9,14H,3-6,10-13,15H2,1-2H3,(H2,19,20,21). The van der Waals surface area contributed by atoms with Crippen LogP contribution in [-0.2, 0) is 21.3 Å². The average molecular weight is 383 g/mol. The Morgan fingerprint density at radius 2 is 2.00 bits per heavy atom. The summed E-state index contributed by atoms with van der Waals surface area (Å²) in [6.45, 7) is 5.63. The van der Waals surface area contributed by atoms with E-state index in [2.05, 4.69) is 15.6 Å². The van der Waals surface area contributed by atoms with Crippen LogP contribution in [0.1, 0.15) is 31.7 Å². The summed E-state index contributed by atoms with van der Waals surface area (Å²) in [5.74, 6) is 0.689. The fourth-order valence-corrected chi connectivity index (χ4v) is 4.43. The Kier molecular flexibility index (Phi) is 8.34. The Morgan fingerprint density at radius 1 is 1.23 bits per heavy atom. The minimum absolute atomic E-state index is 0.351. The van der Waals surface area contributed by atoms with Crippen LogP contribution in [-0.4, -0.2) is 58.6 Å². The zero-order chi connectivity index (χ0) is 18.8. The first kappa shape index (κ1) is 20.7. The molecule has 0 spiro atoms. The molecule has 1 fully saturated rings. The molecule has 1 aromatic carbocycles. The number of nitrogens with zero attached hydrogens (tertiary/aromatic N) is 2. The minimum Gasteiger partial charge on any atom is -0.383 e. The van der Waals surface area contributed by atoms with E-state index in [0.717, 1.165) is 31.4 Å². The highest BCUT2D eigenvalue weighted by molar-refractivity contribution is 7.89. The molecule has 0 unspecified atom stereocenters. The zero-order valence-corrected chi connectivity index (χ0v) is 16.5. The zero-order valence-electron chi connectivity index (χ0n) is 15.7. The summed E-state index contributed by atoms with van der Waals surface area (Å²) in [5, 5.41) is 6.34. The third kappa shape index (κ3) is 5.96. The van der Waals surface area contributed by atoms with Crippen LogP contribution in [0.5, 0.6) is 0 Å². The number of methoxy groups -OCH3 is 1. The molecule has 0 saturated carbocycles. The van der Waals surface area contributed by atoms with Crippen LogP contribution >= 0.6 is 0 Å². The minimum atomic E-state index is -3.41. The average Bonchev–Trinajstić information content (AvgIpc) is 2.67. The van der Waals surface area contributed by atoms with Crippen molar-refractivity contribution in [3.8, 4) is 0 Å². The van der Waals surface area contributed by atoms with Gasteiger partial charge in [0.25, 0.3) is 0 Å². The Labute approximate surface area is 156 Å². The molecule has 1 aromatic rings. The number of piperidine rings is 1. The lowest BCUT2D eigenvalue weighted by Crippen LogP contribution is -2.38. The molecule has 0 aromatic heterocycles. The number of hydrogen-bond donors (Lipinski definition) is 2. The highest BCUT2D eigenvalue weighted by Gasteiger charge is 2.25. The van der Waals surface area contributed by atoms with Gasteiger partial charge in [0.2, 0.25) is 10.0 Å². The predicted molar refractivity (Wildman–Crippen MR) is 104 cm³/mol. The monoisotopic (exact) mass is 382 g/mol. The van der Waals surface area contributed by atoms with Crippen molar-refractivity contribution < 1.29 is 13.2 Å². The third-order valence-electron chi connectivity index (χ3n) is 4.21. The number of aliphatic imine (C=N–C) groups is 1. The SMILES string of the molecule is CCNC(=NCc1cccc(S(=O)(=O)N2CCCCC2)c1)NCCOC. The van der Waals surface area contributed by atoms with Gasteiger partial charge in [-0.15, -0.1) is 0 Å². The molecule has 1 saturated heterocycles. The maximum Gasteiger partial charge on any atom is 0.243 e.